The van der Waals surface area contributed by atoms with Crippen LogP contribution in [-0.2, 0) is 20.9 Å². The first-order valence-electron chi connectivity index (χ1n) is 14.7. The summed E-state index contributed by atoms with van der Waals surface area (Å²) >= 11 is 1.61. The Morgan fingerprint density at radius 2 is 1.81 bits per heavy atom. The van der Waals surface area contributed by atoms with Crippen molar-refractivity contribution in [2.45, 2.75) is 86.3 Å². The summed E-state index contributed by atoms with van der Waals surface area (Å²) in [6.45, 7) is 15.0. The van der Waals surface area contributed by atoms with Crippen molar-refractivity contribution in [3.63, 3.8) is 0 Å². The molecule has 3 heterocycles. The normalized spacial score (nSPS) is 12.9. The van der Waals surface area contributed by atoms with E-state index < -0.39 is 11.7 Å². The Morgan fingerprint density at radius 1 is 1.14 bits per heavy atom. The van der Waals surface area contributed by atoms with Gasteiger partial charge in [0, 0.05) is 49.6 Å². The van der Waals surface area contributed by atoms with Gasteiger partial charge in [-0.15, -0.1) is 11.3 Å². The van der Waals surface area contributed by atoms with Crippen LogP contribution in [0.4, 0.5) is 10.6 Å². The maximum absolute atomic E-state index is 12.8. The number of thiazole rings is 1. The Labute approximate surface area is 256 Å². The zero-order valence-electron chi connectivity index (χ0n) is 26.6. The van der Waals surface area contributed by atoms with Gasteiger partial charge < -0.3 is 19.7 Å². The van der Waals surface area contributed by atoms with E-state index in [-0.39, 0.29) is 19.0 Å². The molecule has 0 saturated carbocycles. The molecule has 42 heavy (non-hydrogen) atoms. The van der Waals surface area contributed by atoms with E-state index in [4.69, 9.17) is 4.74 Å². The number of aldehydes is 1. The van der Waals surface area contributed by atoms with Crippen molar-refractivity contribution in [1.29, 1.82) is 0 Å². The highest BCUT2D eigenvalue weighted by Crippen LogP contribution is 2.22. The summed E-state index contributed by atoms with van der Waals surface area (Å²) in [6, 6.07) is 1.84. The minimum atomic E-state index is -0.681. The topological polar surface area (TPSA) is 105 Å². The third-order valence-corrected chi connectivity index (χ3v) is 6.67. The van der Waals surface area contributed by atoms with Crippen molar-refractivity contribution >= 4 is 47.6 Å². The van der Waals surface area contributed by atoms with Crippen LogP contribution in [0.3, 0.4) is 0 Å². The van der Waals surface area contributed by atoms with Gasteiger partial charge in [0.1, 0.15) is 22.7 Å². The van der Waals surface area contributed by atoms with Gasteiger partial charge in [-0.25, -0.2) is 14.8 Å². The molecule has 2 aromatic rings. The standard InChI is InChI=1S/C26H33N5O4S.C4H10.C2H6/c1-26(2,3)35-25(34)31(12-13-32)18-21-15-20(17-29-24(21)27-4)5-6-23(33)30-10-7-19(8-11-30)16-22-28-9-14-36-22;1-3-4-2;1-2/h5-6,9,13-17H,7-8,10-12,18H2,1-4H3,(H,27,29);3-4H2,1-2H3;1-2H3/b6-5+;;. The Balaban J connectivity index is 0.00000135. The zero-order chi connectivity index (χ0) is 31.5. The number of pyridine rings is 1. The van der Waals surface area contributed by atoms with E-state index in [1.54, 1.807) is 63.7 Å². The van der Waals surface area contributed by atoms with E-state index in [9.17, 15) is 14.4 Å². The fraction of sp³-hybridized carbons (Fsp3) is 0.531. The average Bonchev–Trinajstić information content (AvgIpc) is 3.49. The zero-order valence-corrected chi connectivity index (χ0v) is 27.4. The molecule has 1 aliphatic heterocycles. The molecule has 2 aromatic heterocycles. The first kappa shape index (κ1) is 36.5. The van der Waals surface area contributed by atoms with E-state index in [0.29, 0.717) is 36.3 Å². The molecule has 1 aliphatic rings. The molecule has 10 heteroatoms. The second kappa shape index (κ2) is 19.6. The molecule has 0 radical (unpaired) electrons. The Kier molecular flexibility index (Phi) is 17.0. The van der Waals surface area contributed by atoms with Gasteiger partial charge in [-0.3, -0.25) is 9.69 Å². The molecule has 2 amide bonds. The number of hydrogen-bond acceptors (Lipinski definition) is 8. The number of aromatic nitrogens is 2. The lowest BCUT2D eigenvalue weighted by Crippen LogP contribution is -2.37. The van der Waals surface area contributed by atoms with E-state index in [1.807, 2.05) is 30.2 Å². The quantitative estimate of drug-likeness (QED) is 0.243. The van der Waals surface area contributed by atoms with Crippen LogP contribution in [0.25, 0.3) is 12.2 Å². The van der Waals surface area contributed by atoms with Crippen molar-refractivity contribution in [2.24, 2.45) is 0 Å². The summed E-state index contributed by atoms with van der Waals surface area (Å²) < 4.78 is 5.43. The molecular weight excluding hydrogens is 550 g/mol. The molecule has 1 fully saturated rings. The van der Waals surface area contributed by atoms with Gasteiger partial charge in [-0.05, 0) is 57.4 Å². The van der Waals surface area contributed by atoms with Gasteiger partial charge in [0.05, 0.1) is 13.1 Å². The summed E-state index contributed by atoms with van der Waals surface area (Å²) in [5.41, 5.74) is 2.04. The number of rotatable bonds is 9. The molecule has 232 valence electrons. The Bertz CT molecular complexity index is 1140. The van der Waals surface area contributed by atoms with Gasteiger partial charge in [-0.1, -0.05) is 46.1 Å². The maximum atomic E-state index is 12.8. The molecule has 0 bridgehead atoms. The lowest BCUT2D eigenvalue weighted by molar-refractivity contribution is -0.126. The number of ether oxygens (including phenoxy) is 1. The molecule has 0 atom stereocenters. The van der Waals surface area contributed by atoms with Gasteiger partial charge in [0.25, 0.3) is 0 Å². The van der Waals surface area contributed by atoms with Crippen LogP contribution in [0.15, 0.2) is 35.5 Å². The van der Waals surface area contributed by atoms with Crippen molar-refractivity contribution < 1.29 is 19.1 Å². The number of carbonyl (C=O) groups is 3. The van der Waals surface area contributed by atoms with Gasteiger partial charge in [-0.2, -0.15) is 0 Å². The van der Waals surface area contributed by atoms with Crippen molar-refractivity contribution in [3.05, 3.63) is 51.6 Å². The van der Waals surface area contributed by atoms with Gasteiger partial charge >= 0.3 is 6.09 Å². The number of likely N-dealkylation sites (tertiary alicyclic amines) is 1. The maximum Gasteiger partial charge on any atom is 0.410 e. The summed E-state index contributed by atoms with van der Waals surface area (Å²) in [5, 5.41) is 5.96. The van der Waals surface area contributed by atoms with Crippen LogP contribution >= 0.6 is 11.3 Å². The average molecular weight is 600 g/mol. The second-order valence-electron chi connectivity index (χ2n) is 10.4. The molecule has 0 aliphatic carbocycles. The summed E-state index contributed by atoms with van der Waals surface area (Å²) in [4.78, 5) is 48.4. The largest absolute Gasteiger partial charge is 0.444 e. The highest BCUT2D eigenvalue weighted by Gasteiger charge is 2.23. The SMILES string of the molecule is CC.CCCC.CNc1ncc(/C=C/C(=O)N2CCC(=Cc3nccs3)CC2)cc1CN(CC=O)C(=O)OC(C)(C)C. The Morgan fingerprint density at radius 3 is 2.33 bits per heavy atom. The monoisotopic (exact) mass is 599 g/mol. The van der Waals surface area contributed by atoms with Crippen molar-refractivity contribution in [3.8, 4) is 0 Å². The minimum Gasteiger partial charge on any atom is -0.444 e. The van der Waals surface area contributed by atoms with Crippen LogP contribution in [0.2, 0.25) is 0 Å². The van der Waals surface area contributed by atoms with Crippen LogP contribution in [0, 0.1) is 0 Å². The van der Waals surface area contributed by atoms with E-state index >= 15 is 0 Å². The molecule has 0 aromatic carbocycles. The molecule has 0 unspecified atom stereocenters. The van der Waals surface area contributed by atoms with Crippen LogP contribution in [0.1, 0.15) is 90.3 Å². The predicted molar refractivity (Wildman–Crippen MR) is 173 cm³/mol. The number of nitrogens with one attached hydrogen (secondary N) is 1. The highest BCUT2D eigenvalue weighted by atomic mass is 32.1. The molecule has 9 nitrogen and oxygen atoms in total. The van der Waals surface area contributed by atoms with E-state index in [2.05, 4.69) is 35.2 Å². The van der Waals surface area contributed by atoms with Crippen molar-refractivity contribution in [2.75, 3.05) is 32.0 Å². The lowest BCUT2D eigenvalue weighted by atomic mass is 10.0. The number of unbranched alkanes of at least 4 members (excludes halogenated alkanes) is 1. The van der Waals surface area contributed by atoms with Gasteiger partial charge in [0.2, 0.25) is 5.91 Å². The van der Waals surface area contributed by atoms with Crippen LogP contribution in [-0.4, -0.2) is 70.3 Å². The van der Waals surface area contributed by atoms with Crippen LogP contribution < -0.4 is 5.32 Å². The highest BCUT2D eigenvalue weighted by molar-refractivity contribution is 7.10. The number of amides is 2. The van der Waals surface area contributed by atoms with Crippen molar-refractivity contribution in [1.82, 2.24) is 19.8 Å². The lowest BCUT2D eigenvalue weighted by Gasteiger charge is -2.27. The first-order valence-corrected chi connectivity index (χ1v) is 15.6. The third-order valence-electron chi connectivity index (χ3n) is 5.95. The number of nitrogens with zero attached hydrogens (tertiary/aromatic N) is 4. The van der Waals surface area contributed by atoms with Crippen LogP contribution in [0.5, 0.6) is 0 Å². The number of hydrogen-bond donors (Lipinski definition) is 1. The minimum absolute atomic E-state index is 0.0566. The smallest absolute Gasteiger partial charge is 0.410 e. The molecular formula is C32H49N5O4S. The summed E-state index contributed by atoms with van der Waals surface area (Å²) in [7, 11) is 1.73. The second-order valence-corrected chi connectivity index (χ2v) is 11.3. The number of carbonyl (C=O) groups excluding carboxylic acids is 3. The van der Waals surface area contributed by atoms with E-state index in [1.165, 1.54) is 23.3 Å². The molecule has 1 saturated heterocycles. The molecule has 0 spiro atoms. The Hall–Kier alpha value is -3.53. The number of anilines is 1. The fourth-order valence-electron chi connectivity index (χ4n) is 3.70. The van der Waals surface area contributed by atoms with E-state index in [0.717, 1.165) is 17.8 Å². The molecule has 1 N–H and O–H groups in total. The van der Waals surface area contributed by atoms with Gasteiger partial charge in [0.15, 0.2) is 0 Å². The molecule has 3 rings (SSSR count). The first-order chi connectivity index (χ1) is 20.1. The number of piperidine rings is 1. The summed E-state index contributed by atoms with van der Waals surface area (Å²) in [6.07, 6.45) is 13.2. The predicted octanol–water partition coefficient (Wildman–Crippen LogP) is 7.07. The third kappa shape index (κ3) is 13.4. The fourth-order valence-corrected chi connectivity index (χ4v) is 4.32. The summed E-state index contributed by atoms with van der Waals surface area (Å²) in [5.74, 6) is 0.521.